The molecule has 0 spiro atoms. The second-order valence-electron chi connectivity index (χ2n) is 3.98. The zero-order valence-electron chi connectivity index (χ0n) is 9.71. The van der Waals surface area contributed by atoms with E-state index in [-0.39, 0.29) is 5.69 Å². The maximum Gasteiger partial charge on any atom is 0.358 e. The lowest BCUT2D eigenvalue weighted by Crippen LogP contribution is -2.04. The van der Waals surface area contributed by atoms with E-state index in [1.54, 1.807) is 4.68 Å². The van der Waals surface area contributed by atoms with Gasteiger partial charge in [-0.15, -0.1) is 5.10 Å². The maximum absolute atomic E-state index is 10.7. The van der Waals surface area contributed by atoms with E-state index in [1.165, 1.54) is 6.20 Å². The van der Waals surface area contributed by atoms with Crippen molar-refractivity contribution >= 4 is 5.97 Å². The third-order valence-electron chi connectivity index (χ3n) is 2.72. The van der Waals surface area contributed by atoms with Gasteiger partial charge in [-0.3, -0.25) is 0 Å². The fraction of sp³-hybridized carbons (Fsp3) is 0.250. The van der Waals surface area contributed by atoms with Gasteiger partial charge in [-0.25, -0.2) is 9.48 Å². The highest BCUT2D eigenvalue weighted by Gasteiger charge is 2.09. The van der Waals surface area contributed by atoms with Crippen molar-refractivity contribution in [2.45, 2.75) is 20.4 Å². The molecule has 0 bridgehead atoms. The molecule has 0 radical (unpaired) electrons. The molecule has 0 amide bonds. The Bertz CT molecular complexity index is 540. The van der Waals surface area contributed by atoms with Gasteiger partial charge in [0.05, 0.1) is 12.7 Å². The molecule has 2 rings (SSSR count). The zero-order chi connectivity index (χ0) is 12.4. The molecule has 1 heterocycles. The number of aromatic nitrogens is 3. The van der Waals surface area contributed by atoms with Gasteiger partial charge >= 0.3 is 5.97 Å². The summed E-state index contributed by atoms with van der Waals surface area (Å²) in [5.41, 5.74) is 3.44. The van der Waals surface area contributed by atoms with Gasteiger partial charge < -0.3 is 5.11 Å². The Morgan fingerprint density at radius 3 is 2.53 bits per heavy atom. The van der Waals surface area contributed by atoms with E-state index in [0.717, 1.165) is 16.7 Å². The Kier molecular flexibility index (Phi) is 2.91. The fourth-order valence-electron chi connectivity index (χ4n) is 1.73. The first-order valence-corrected chi connectivity index (χ1v) is 5.26. The van der Waals surface area contributed by atoms with Gasteiger partial charge in [0, 0.05) is 0 Å². The standard InChI is InChI=1S/C12H13N3O2/c1-8-4-3-5-9(2)10(8)6-15-7-11(12(16)17)13-14-15/h3-5,7H,6H2,1-2H3,(H,16,17). The molecule has 0 aliphatic heterocycles. The Balaban J connectivity index is 2.28. The summed E-state index contributed by atoms with van der Waals surface area (Å²) in [6.45, 7) is 4.59. The molecule has 5 heteroatoms. The van der Waals surface area contributed by atoms with Gasteiger partial charge in [0.1, 0.15) is 0 Å². The summed E-state index contributed by atoms with van der Waals surface area (Å²) >= 11 is 0. The lowest BCUT2D eigenvalue weighted by molar-refractivity contribution is 0.0690. The van der Waals surface area contributed by atoms with Crippen LogP contribution in [-0.2, 0) is 6.54 Å². The van der Waals surface area contributed by atoms with E-state index in [4.69, 9.17) is 5.11 Å². The van der Waals surface area contributed by atoms with Crippen molar-refractivity contribution in [3.05, 3.63) is 46.8 Å². The summed E-state index contributed by atoms with van der Waals surface area (Å²) in [6.07, 6.45) is 1.44. The highest BCUT2D eigenvalue weighted by Crippen LogP contribution is 2.14. The van der Waals surface area contributed by atoms with Gasteiger partial charge in [0.2, 0.25) is 0 Å². The van der Waals surface area contributed by atoms with Crippen LogP contribution in [0.4, 0.5) is 0 Å². The summed E-state index contributed by atoms with van der Waals surface area (Å²) < 4.78 is 1.54. The van der Waals surface area contributed by atoms with Gasteiger partial charge in [-0.05, 0) is 30.5 Å². The molecule has 1 aromatic carbocycles. The minimum atomic E-state index is -1.06. The summed E-state index contributed by atoms with van der Waals surface area (Å²) in [5, 5.41) is 16.1. The van der Waals surface area contributed by atoms with Gasteiger partial charge in [0.15, 0.2) is 5.69 Å². The normalized spacial score (nSPS) is 10.5. The number of carboxylic acid groups (broad SMARTS) is 1. The van der Waals surface area contributed by atoms with E-state index in [9.17, 15) is 4.79 Å². The number of aryl methyl sites for hydroxylation is 2. The second kappa shape index (κ2) is 4.37. The number of benzene rings is 1. The molecule has 0 unspecified atom stereocenters. The molecule has 88 valence electrons. The molecular formula is C12H13N3O2. The van der Waals surface area contributed by atoms with E-state index >= 15 is 0 Å². The number of hydrogen-bond acceptors (Lipinski definition) is 3. The number of nitrogens with zero attached hydrogens (tertiary/aromatic N) is 3. The summed E-state index contributed by atoms with van der Waals surface area (Å²) in [5.74, 6) is -1.06. The molecule has 0 saturated carbocycles. The minimum Gasteiger partial charge on any atom is -0.476 e. The van der Waals surface area contributed by atoms with Gasteiger partial charge in [-0.2, -0.15) is 0 Å². The molecule has 17 heavy (non-hydrogen) atoms. The van der Waals surface area contributed by atoms with Crippen LogP contribution in [-0.4, -0.2) is 26.1 Å². The first-order chi connectivity index (χ1) is 8.08. The van der Waals surface area contributed by atoms with Crippen molar-refractivity contribution < 1.29 is 9.90 Å². The topological polar surface area (TPSA) is 68.0 Å². The third kappa shape index (κ3) is 2.33. The van der Waals surface area contributed by atoms with Crippen molar-refractivity contribution in [2.75, 3.05) is 0 Å². The number of hydrogen-bond donors (Lipinski definition) is 1. The maximum atomic E-state index is 10.7. The molecule has 0 aliphatic carbocycles. The Morgan fingerprint density at radius 2 is 2.00 bits per heavy atom. The zero-order valence-corrected chi connectivity index (χ0v) is 9.71. The average molecular weight is 231 g/mol. The highest BCUT2D eigenvalue weighted by atomic mass is 16.4. The Hall–Kier alpha value is -2.17. The van der Waals surface area contributed by atoms with Crippen LogP contribution in [0.25, 0.3) is 0 Å². The van der Waals surface area contributed by atoms with E-state index in [0.29, 0.717) is 6.54 Å². The summed E-state index contributed by atoms with van der Waals surface area (Å²) in [4.78, 5) is 10.7. The largest absolute Gasteiger partial charge is 0.476 e. The van der Waals surface area contributed by atoms with Gasteiger partial charge in [0.25, 0.3) is 0 Å². The lowest BCUT2D eigenvalue weighted by atomic mass is 10.0. The molecule has 1 N–H and O–H groups in total. The first kappa shape index (κ1) is 11.3. The highest BCUT2D eigenvalue weighted by molar-refractivity contribution is 5.84. The average Bonchev–Trinajstić information content (AvgIpc) is 2.72. The lowest BCUT2D eigenvalue weighted by Gasteiger charge is -2.08. The number of rotatable bonds is 3. The molecule has 2 aromatic rings. The fourth-order valence-corrected chi connectivity index (χ4v) is 1.73. The smallest absolute Gasteiger partial charge is 0.358 e. The molecule has 0 fully saturated rings. The van der Waals surface area contributed by atoms with Crippen LogP contribution in [0.2, 0.25) is 0 Å². The predicted octanol–water partition coefficient (Wildman–Crippen LogP) is 1.64. The molecule has 0 atom stereocenters. The summed E-state index contributed by atoms with van der Waals surface area (Å²) in [7, 11) is 0. The van der Waals surface area contributed by atoms with Crippen molar-refractivity contribution in [1.82, 2.24) is 15.0 Å². The van der Waals surface area contributed by atoms with Crippen molar-refractivity contribution in [3.8, 4) is 0 Å². The van der Waals surface area contributed by atoms with Crippen LogP contribution in [0, 0.1) is 13.8 Å². The number of carboxylic acids is 1. The van der Waals surface area contributed by atoms with Crippen LogP contribution in [0.3, 0.4) is 0 Å². The van der Waals surface area contributed by atoms with Crippen LogP contribution in [0.15, 0.2) is 24.4 Å². The Morgan fingerprint density at radius 1 is 1.35 bits per heavy atom. The van der Waals surface area contributed by atoms with E-state index in [2.05, 4.69) is 10.3 Å². The quantitative estimate of drug-likeness (QED) is 0.871. The molecular weight excluding hydrogens is 218 g/mol. The van der Waals surface area contributed by atoms with Crippen LogP contribution in [0.5, 0.6) is 0 Å². The van der Waals surface area contributed by atoms with Crippen LogP contribution in [0.1, 0.15) is 27.2 Å². The van der Waals surface area contributed by atoms with E-state index < -0.39 is 5.97 Å². The SMILES string of the molecule is Cc1cccc(C)c1Cn1cc(C(=O)O)nn1. The first-order valence-electron chi connectivity index (χ1n) is 5.26. The minimum absolute atomic E-state index is 0.0313. The predicted molar refractivity (Wildman–Crippen MR) is 62.0 cm³/mol. The molecule has 0 saturated heterocycles. The second-order valence-corrected chi connectivity index (χ2v) is 3.98. The summed E-state index contributed by atoms with van der Waals surface area (Å²) in [6, 6.07) is 6.05. The van der Waals surface area contributed by atoms with Crippen molar-refractivity contribution in [1.29, 1.82) is 0 Å². The number of aromatic carboxylic acids is 1. The molecule has 0 aliphatic rings. The van der Waals surface area contributed by atoms with Crippen LogP contribution < -0.4 is 0 Å². The Labute approximate surface area is 98.7 Å². The molecule has 5 nitrogen and oxygen atoms in total. The van der Waals surface area contributed by atoms with Crippen molar-refractivity contribution in [3.63, 3.8) is 0 Å². The molecule has 1 aromatic heterocycles. The monoisotopic (exact) mass is 231 g/mol. The van der Waals surface area contributed by atoms with Crippen LogP contribution >= 0.6 is 0 Å². The number of carbonyl (C=O) groups is 1. The third-order valence-corrected chi connectivity index (χ3v) is 2.72. The van der Waals surface area contributed by atoms with Gasteiger partial charge in [-0.1, -0.05) is 23.4 Å². The van der Waals surface area contributed by atoms with Crippen molar-refractivity contribution in [2.24, 2.45) is 0 Å². The van der Waals surface area contributed by atoms with E-state index in [1.807, 2.05) is 32.0 Å².